The van der Waals surface area contributed by atoms with E-state index >= 15 is 0 Å². The minimum absolute atomic E-state index is 0. The molecule has 6 heteroatoms. The molecule has 1 heterocycles. The van der Waals surface area contributed by atoms with Crippen LogP contribution in [0.1, 0.15) is 28.5 Å². The lowest BCUT2D eigenvalue weighted by atomic mass is 10.1. The van der Waals surface area contributed by atoms with Crippen LogP contribution in [-0.4, -0.2) is 22.7 Å². The standard InChI is InChI=1S/C15H20N4O.ClH/c1-4-14-13(10-19(3)18-14)15(20)17-12-7-5-11(6-8-12)9-16-2;/h5-8,10,16H,4,9H2,1-3H3,(H,17,20);1H. The Hall–Kier alpha value is -1.85. The van der Waals surface area contributed by atoms with Gasteiger partial charge in [-0.25, -0.2) is 0 Å². The van der Waals surface area contributed by atoms with Crippen LogP contribution >= 0.6 is 12.4 Å². The predicted octanol–water partition coefficient (Wildman–Crippen LogP) is 2.38. The van der Waals surface area contributed by atoms with Crippen molar-refractivity contribution in [3.8, 4) is 0 Å². The summed E-state index contributed by atoms with van der Waals surface area (Å²) in [7, 11) is 3.73. The molecule has 21 heavy (non-hydrogen) atoms. The van der Waals surface area contributed by atoms with E-state index in [1.807, 2.05) is 45.3 Å². The van der Waals surface area contributed by atoms with E-state index in [1.165, 1.54) is 5.56 Å². The van der Waals surface area contributed by atoms with Crippen molar-refractivity contribution in [2.75, 3.05) is 12.4 Å². The summed E-state index contributed by atoms with van der Waals surface area (Å²) in [5, 5.41) is 10.3. The number of nitrogens with one attached hydrogen (secondary N) is 2. The zero-order chi connectivity index (χ0) is 14.5. The number of aromatic nitrogens is 2. The largest absolute Gasteiger partial charge is 0.322 e. The molecule has 0 aliphatic carbocycles. The van der Waals surface area contributed by atoms with Gasteiger partial charge in [-0.15, -0.1) is 12.4 Å². The Labute approximate surface area is 131 Å². The molecule has 2 rings (SSSR count). The highest BCUT2D eigenvalue weighted by Gasteiger charge is 2.14. The lowest BCUT2D eigenvalue weighted by Gasteiger charge is -2.06. The number of nitrogens with zero attached hydrogens (tertiary/aromatic N) is 2. The number of aryl methyl sites for hydroxylation is 2. The van der Waals surface area contributed by atoms with Crippen LogP contribution in [0, 0.1) is 0 Å². The smallest absolute Gasteiger partial charge is 0.259 e. The van der Waals surface area contributed by atoms with Gasteiger partial charge in [-0.1, -0.05) is 19.1 Å². The van der Waals surface area contributed by atoms with E-state index in [4.69, 9.17) is 0 Å². The van der Waals surface area contributed by atoms with Crippen LogP contribution in [0.4, 0.5) is 5.69 Å². The molecule has 1 aromatic carbocycles. The van der Waals surface area contributed by atoms with Gasteiger partial charge in [0.15, 0.2) is 0 Å². The van der Waals surface area contributed by atoms with Crippen molar-refractivity contribution < 1.29 is 4.79 Å². The molecule has 0 aliphatic heterocycles. The number of benzene rings is 1. The zero-order valence-corrected chi connectivity index (χ0v) is 13.3. The molecule has 2 N–H and O–H groups in total. The number of hydrogen-bond acceptors (Lipinski definition) is 3. The minimum Gasteiger partial charge on any atom is -0.322 e. The molecule has 0 saturated carbocycles. The molecule has 1 amide bonds. The summed E-state index contributed by atoms with van der Waals surface area (Å²) in [4.78, 5) is 12.2. The van der Waals surface area contributed by atoms with Gasteiger partial charge >= 0.3 is 0 Å². The van der Waals surface area contributed by atoms with Gasteiger partial charge < -0.3 is 10.6 Å². The van der Waals surface area contributed by atoms with Crippen LogP contribution in [0.15, 0.2) is 30.5 Å². The summed E-state index contributed by atoms with van der Waals surface area (Å²) in [6, 6.07) is 7.81. The maximum Gasteiger partial charge on any atom is 0.259 e. The monoisotopic (exact) mass is 308 g/mol. The van der Waals surface area contributed by atoms with E-state index in [2.05, 4.69) is 15.7 Å². The van der Waals surface area contributed by atoms with E-state index in [1.54, 1.807) is 10.9 Å². The second-order valence-corrected chi connectivity index (χ2v) is 4.70. The van der Waals surface area contributed by atoms with Gasteiger partial charge in [-0.3, -0.25) is 9.48 Å². The maximum atomic E-state index is 12.2. The highest BCUT2D eigenvalue weighted by molar-refractivity contribution is 6.04. The van der Waals surface area contributed by atoms with E-state index in [0.29, 0.717) is 5.56 Å². The molecule has 0 aliphatic rings. The third kappa shape index (κ3) is 4.31. The summed E-state index contributed by atoms with van der Waals surface area (Å²) in [5.74, 6) is -0.115. The van der Waals surface area contributed by atoms with Crippen molar-refractivity contribution in [2.24, 2.45) is 7.05 Å². The van der Waals surface area contributed by atoms with E-state index in [-0.39, 0.29) is 18.3 Å². The van der Waals surface area contributed by atoms with Crippen LogP contribution in [-0.2, 0) is 20.0 Å². The van der Waals surface area contributed by atoms with Crippen LogP contribution in [0.5, 0.6) is 0 Å². The summed E-state index contributed by atoms with van der Waals surface area (Å²) in [5.41, 5.74) is 3.42. The molecule has 2 aromatic rings. The first kappa shape index (κ1) is 17.2. The fourth-order valence-corrected chi connectivity index (χ4v) is 2.09. The minimum atomic E-state index is -0.115. The van der Waals surface area contributed by atoms with Gasteiger partial charge in [-0.05, 0) is 31.2 Å². The molecule has 0 unspecified atom stereocenters. The molecule has 0 atom stereocenters. The molecule has 0 saturated heterocycles. The Morgan fingerprint density at radius 1 is 1.29 bits per heavy atom. The van der Waals surface area contributed by atoms with Crippen LogP contribution in [0.25, 0.3) is 0 Å². The Kier molecular flexibility index (Phi) is 6.39. The quantitative estimate of drug-likeness (QED) is 0.891. The number of carbonyl (C=O) groups excluding carboxylic acids is 1. The van der Waals surface area contributed by atoms with Gasteiger partial charge in [0.1, 0.15) is 0 Å². The summed E-state index contributed by atoms with van der Waals surface area (Å²) in [6.07, 6.45) is 2.49. The summed E-state index contributed by atoms with van der Waals surface area (Å²) >= 11 is 0. The number of amides is 1. The molecule has 0 spiro atoms. The highest BCUT2D eigenvalue weighted by Crippen LogP contribution is 2.13. The topological polar surface area (TPSA) is 59.0 Å². The highest BCUT2D eigenvalue weighted by atomic mass is 35.5. The number of rotatable bonds is 5. The van der Waals surface area contributed by atoms with Gasteiger partial charge in [0.25, 0.3) is 5.91 Å². The maximum absolute atomic E-state index is 12.2. The van der Waals surface area contributed by atoms with E-state index in [9.17, 15) is 4.79 Å². The predicted molar refractivity (Wildman–Crippen MR) is 87.0 cm³/mol. The van der Waals surface area contributed by atoms with Crippen LogP contribution < -0.4 is 10.6 Å². The van der Waals surface area contributed by atoms with Gasteiger partial charge in [0.05, 0.1) is 11.3 Å². The molecule has 0 bridgehead atoms. The second-order valence-electron chi connectivity index (χ2n) is 4.70. The van der Waals surface area contributed by atoms with E-state index in [0.717, 1.165) is 24.3 Å². The Bertz CT molecular complexity index is 592. The van der Waals surface area contributed by atoms with Crippen LogP contribution in [0.3, 0.4) is 0 Å². The molecule has 0 fully saturated rings. The van der Waals surface area contributed by atoms with Gasteiger partial charge in [0.2, 0.25) is 0 Å². The number of carbonyl (C=O) groups is 1. The molecule has 0 radical (unpaired) electrons. The van der Waals surface area contributed by atoms with Crippen LogP contribution in [0.2, 0.25) is 0 Å². The molecular weight excluding hydrogens is 288 g/mol. The second kappa shape index (κ2) is 7.81. The summed E-state index contributed by atoms with van der Waals surface area (Å²) < 4.78 is 1.67. The average molecular weight is 309 g/mol. The SMILES string of the molecule is CCc1nn(C)cc1C(=O)Nc1ccc(CNC)cc1.Cl. The molecule has 5 nitrogen and oxygen atoms in total. The van der Waals surface area contributed by atoms with E-state index < -0.39 is 0 Å². The average Bonchev–Trinajstić information content (AvgIpc) is 2.82. The van der Waals surface area contributed by atoms with Crippen molar-refractivity contribution >= 4 is 24.0 Å². The molecule has 1 aromatic heterocycles. The zero-order valence-electron chi connectivity index (χ0n) is 12.5. The summed E-state index contributed by atoms with van der Waals surface area (Å²) in [6.45, 7) is 2.81. The van der Waals surface area contributed by atoms with Gasteiger partial charge in [-0.2, -0.15) is 5.10 Å². The normalized spacial score (nSPS) is 10.0. The third-order valence-corrected chi connectivity index (χ3v) is 3.08. The van der Waals surface area contributed by atoms with Crippen molar-refractivity contribution in [2.45, 2.75) is 19.9 Å². The van der Waals surface area contributed by atoms with Crippen molar-refractivity contribution in [3.05, 3.63) is 47.3 Å². The van der Waals surface area contributed by atoms with Crippen molar-refractivity contribution in [1.82, 2.24) is 15.1 Å². The first-order valence-electron chi connectivity index (χ1n) is 6.71. The fourth-order valence-electron chi connectivity index (χ4n) is 2.09. The van der Waals surface area contributed by atoms with Crippen molar-refractivity contribution in [1.29, 1.82) is 0 Å². The molecular formula is C15H21ClN4O. The lowest BCUT2D eigenvalue weighted by molar-refractivity contribution is 0.102. The fraction of sp³-hybridized carbons (Fsp3) is 0.333. The Morgan fingerprint density at radius 2 is 1.95 bits per heavy atom. The lowest BCUT2D eigenvalue weighted by Crippen LogP contribution is -2.13. The number of hydrogen-bond donors (Lipinski definition) is 2. The van der Waals surface area contributed by atoms with Crippen molar-refractivity contribution in [3.63, 3.8) is 0 Å². The number of halogens is 1. The number of anilines is 1. The molecule has 114 valence electrons. The first-order valence-corrected chi connectivity index (χ1v) is 6.71. The first-order chi connectivity index (χ1) is 9.63. The Morgan fingerprint density at radius 3 is 2.52 bits per heavy atom. The third-order valence-electron chi connectivity index (χ3n) is 3.08. The van der Waals surface area contributed by atoms with Gasteiger partial charge in [0, 0.05) is 25.5 Å². The Balaban J connectivity index is 0.00000220.